The van der Waals surface area contributed by atoms with E-state index < -0.39 is 0 Å². The Morgan fingerprint density at radius 1 is 1.10 bits per heavy atom. The second-order valence-corrected chi connectivity index (χ2v) is 9.68. The lowest BCUT2D eigenvalue weighted by Crippen LogP contribution is -2.50. The van der Waals surface area contributed by atoms with Crippen LogP contribution < -0.4 is 10.2 Å². The monoisotopic (exact) mass is 423 g/mol. The number of rotatable bonds is 2. The summed E-state index contributed by atoms with van der Waals surface area (Å²) in [6.45, 7) is 12.9. The molecule has 1 fully saturated rings. The quantitative estimate of drug-likeness (QED) is 0.799. The fourth-order valence-electron chi connectivity index (χ4n) is 4.30. The van der Waals surface area contributed by atoms with Crippen molar-refractivity contribution in [2.24, 2.45) is 0 Å². The SMILES string of the molecule is C[C@H]1CN(c2nc(-c3ccccc3)nc3c2CN(C(=O)NC(C)(C)C)CC3)C[C@H](C)O1. The fourth-order valence-corrected chi connectivity index (χ4v) is 4.30. The zero-order valence-electron chi connectivity index (χ0n) is 19.2. The van der Waals surface area contributed by atoms with Crippen LogP contribution in [0.5, 0.6) is 0 Å². The van der Waals surface area contributed by atoms with Crippen LogP contribution in [0.4, 0.5) is 10.6 Å². The van der Waals surface area contributed by atoms with Gasteiger partial charge in [0.1, 0.15) is 5.82 Å². The lowest BCUT2D eigenvalue weighted by Gasteiger charge is -2.39. The van der Waals surface area contributed by atoms with Gasteiger partial charge in [0.15, 0.2) is 5.82 Å². The highest BCUT2D eigenvalue weighted by Crippen LogP contribution is 2.31. The third kappa shape index (κ3) is 4.98. The number of nitrogens with zero attached hydrogens (tertiary/aromatic N) is 4. The van der Waals surface area contributed by atoms with Crippen molar-refractivity contribution in [3.63, 3.8) is 0 Å². The Balaban J connectivity index is 1.72. The standard InChI is InChI=1S/C24H33N5O2/c1-16-13-29(14-17(2)31-16)22-19-15-28(23(30)27-24(3,4)5)12-11-20(19)25-21(26-22)18-9-7-6-8-10-18/h6-10,16-17H,11-15H2,1-5H3,(H,27,30)/t16-,17-/m0/s1. The van der Waals surface area contributed by atoms with Gasteiger partial charge in [-0.15, -0.1) is 0 Å². The molecule has 31 heavy (non-hydrogen) atoms. The van der Waals surface area contributed by atoms with Gasteiger partial charge < -0.3 is 19.9 Å². The Bertz CT molecular complexity index is 931. The molecule has 7 nitrogen and oxygen atoms in total. The minimum Gasteiger partial charge on any atom is -0.372 e. The average molecular weight is 424 g/mol. The fraction of sp³-hybridized carbons (Fsp3) is 0.542. The number of hydrogen-bond donors (Lipinski definition) is 1. The first-order valence-electron chi connectivity index (χ1n) is 11.1. The van der Waals surface area contributed by atoms with Crippen LogP contribution in [0.3, 0.4) is 0 Å². The zero-order valence-corrected chi connectivity index (χ0v) is 19.2. The summed E-state index contributed by atoms with van der Waals surface area (Å²) < 4.78 is 5.95. The minimum absolute atomic E-state index is 0.0417. The summed E-state index contributed by atoms with van der Waals surface area (Å²) in [5, 5.41) is 3.08. The van der Waals surface area contributed by atoms with E-state index in [4.69, 9.17) is 14.7 Å². The van der Waals surface area contributed by atoms with E-state index in [2.05, 4.69) is 24.1 Å². The average Bonchev–Trinajstić information content (AvgIpc) is 2.71. The molecule has 0 bridgehead atoms. The Morgan fingerprint density at radius 3 is 2.42 bits per heavy atom. The molecule has 4 rings (SSSR count). The Labute approximate surface area is 184 Å². The number of amides is 2. The number of carbonyl (C=O) groups is 1. The molecule has 2 aliphatic rings. The molecule has 0 radical (unpaired) electrons. The molecular weight excluding hydrogens is 390 g/mol. The molecule has 0 saturated carbocycles. The molecule has 3 heterocycles. The van der Waals surface area contributed by atoms with Crippen LogP contribution in [-0.2, 0) is 17.7 Å². The van der Waals surface area contributed by atoms with Gasteiger partial charge in [-0.3, -0.25) is 0 Å². The van der Waals surface area contributed by atoms with Crippen molar-refractivity contribution in [3.05, 3.63) is 41.6 Å². The van der Waals surface area contributed by atoms with Crippen molar-refractivity contribution in [1.29, 1.82) is 0 Å². The van der Waals surface area contributed by atoms with Gasteiger partial charge in [-0.1, -0.05) is 30.3 Å². The molecule has 1 N–H and O–H groups in total. The normalized spacial score (nSPS) is 21.6. The van der Waals surface area contributed by atoms with E-state index >= 15 is 0 Å². The molecule has 1 aromatic heterocycles. The number of nitrogens with one attached hydrogen (secondary N) is 1. The van der Waals surface area contributed by atoms with Gasteiger partial charge in [-0.05, 0) is 34.6 Å². The molecule has 1 saturated heterocycles. The number of benzene rings is 1. The van der Waals surface area contributed by atoms with Crippen LogP contribution >= 0.6 is 0 Å². The van der Waals surface area contributed by atoms with Gasteiger partial charge in [-0.2, -0.15) is 0 Å². The largest absolute Gasteiger partial charge is 0.372 e. The summed E-state index contributed by atoms with van der Waals surface area (Å²) in [4.78, 5) is 27.0. The summed E-state index contributed by atoms with van der Waals surface area (Å²) >= 11 is 0. The number of morpholine rings is 1. The molecule has 0 aliphatic carbocycles. The highest BCUT2D eigenvalue weighted by atomic mass is 16.5. The highest BCUT2D eigenvalue weighted by molar-refractivity contribution is 5.76. The van der Waals surface area contributed by atoms with Crippen molar-refractivity contribution in [1.82, 2.24) is 20.2 Å². The van der Waals surface area contributed by atoms with E-state index in [9.17, 15) is 4.79 Å². The molecule has 1 aromatic carbocycles. The summed E-state index contributed by atoms with van der Waals surface area (Å²) in [5.41, 5.74) is 2.82. The molecule has 7 heteroatoms. The predicted octanol–water partition coefficient (Wildman–Crippen LogP) is 3.62. The van der Waals surface area contributed by atoms with Gasteiger partial charge >= 0.3 is 6.03 Å². The number of aromatic nitrogens is 2. The van der Waals surface area contributed by atoms with E-state index in [1.807, 2.05) is 56.0 Å². The lowest BCUT2D eigenvalue weighted by molar-refractivity contribution is -0.00556. The van der Waals surface area contributed by atoms with Crippen LogP contribution in [0, 0.1) is 0 Å². The van der Waals surface area contributed by atoms with Crippen molar-refractivity contribution in [2.45, 2.75) is 65.3 Å². The maximum Gasteiger partial charge on any atom is 0.318 e. The Morgan fingerprint density at radius 2 is 1.77 bits per heavy atom. The maximum absolute atomic E-state index is 12.8. The summed E-state index contributed by atoms with van der Waals surface area (Å²) in [6, 6.07) is 10.1. The highest BCUT2D eigenvalue weighted by Gasteiger charge is 2.31. The number of carbonyl (C=O) groups excluding carboxylic acids is 1. The van der Waals surface area contributed by atoms with Gasteiger partial charge in [-0.25, -0.2) is 14.8 Å². The van der Waals surface area contributed by atoms with Gasteiger partial charge in [0.05, 0.1) is 24.4 Å². The zero-order chi connectivity index (χ0) is 22.2. The second-order valence-electron chi connectivity index (χ2n) is 9.68. The van der Waals surface area contributed by atoms with Crippen molar-refractivity contribution in [3.8, 4) is 11.4 Å². The third-order valence-corrected chi connectivity index (χ3v) is 5.56. The Kier molecular flexibility index (Phi) is 5.88. The predicted molar refractivity (Wildman–Crippen MR) is 122 cm³/mol. The maximum atomic E-state index is 12.8. The summed E-state index contributed by atoms with van der Waals surface area (Å²) in [5.74, 6) is 1.67. The van der Waals surface area contributed by atoms with E-state index in [0.29, 0.717) is 13.1 Å². The number of fused-ring (bicyclic) bond motifs is 1. The summed E-state index contributed by atoms with van der Waals surface area (Å²) in [7, 11) is 0. The van der Waals surface area contributed by atoms with Gasteiger partial charge in [0, 0.05) is 42.7 Å². The van der Waals surface area contributed by atoms with Crippen molar-refractivity contribution >= 4 is 11.8 Å². The lowest BCUT2D eigenvalue weighted by atomic mass is 10.0. The first kappa shape index (κ1) is 21.6. The number of ether oxygens (including phenoxy) is 1. The summed E-state index contributed by atoms with van der Waals surface area (Å²) in [6.07, 6.45) is 0.967. The topological polar surface area (TPSA) is 70.6 Å². The van der Waals surface area contributed by atoms with Crippen LogP contribution in [0.1, 0.15) is 45.9 Å². The molecule has 2 atom stereocenters. The van der Waals surface area contributed by atoms with Crippen LogP contribution in [0.15, 0.2) is 30.3 Å². The first-order chi connectivity index (χ1) is 14.7. The molecule has 0 unspecified atom stereocenters. The number of hydrogen-bond acceptors (Lipinski definition) is 5. The second kappa shape index (κ2) is 8.46. The molecule has 2 aromatic rings. The van der Waals surface area contributed by atoms with E-state index in [0.717, 1.165) is 48.0 Å². The minimum atomic E-state index is -0.275. The number of urea groups is 1. The van der Waals surface area contributed by atoms with E-state index in [1.165, 1.54) is 0 Å². The molecule has 166 valence electrons. The number of anilines is 1. The van der Waals surface area contributed by atoms with Crippen molar-refractivity contribution in [2.75, 3.05) is 24.5 Å². The van der Waals surface area contributed by atoms with Gasteiger partial charge in [0.2, 0.25) is 0 Å². The van der Waals surface area contributed by atoms with Crippen LogP contribution in [0.25, 0.3) is 11.4 Å². The van der Waals surface area contributed by atoms with E-state index in [-0.39, 0.29) is 23.8 Å². The van der Waals surface area contributed by atoms with E-state index in [1.54, 1.807) is 0 Å². The molecule has 0 spiro atoms. The Hall–Kier alpha value is -2.67. The van der Waals surface area contributed by atoms with Crippen molar-refractivity contribution < 1.29 is 9.53 Å². The molecule has 2 amide bonds. The van der Waals surface area contributed by atoms with Crippen LogP contribution in [0.2, 0.25) is 0 Å². The first-order valence-corrected chi connectivity index (χ1v) is 11.1. The molecule has 2 aliphatic heterocycles. The third-order valence-electron chi connectivity index (χ3n) is 5.56. The molecular formula is C24H33N5O2. The van der Waals surface area contributed by atoms with Gasteiger partial charge in [0.25, 0.3) is 0 Å². The smallest absolute Gasteiger partial charge is 0.318 e. The van der Waals surface area contributed by atoms with Crippen LogP contribution in [-0.4, -0.2) is 58.3 Å².